The molecule has 1 fully saturated rings. The van der Waals surface area contributed by atoms with E-state index < -0.39 is 17.8 Å². The van der Waals surface area contributed by atoms with Gasteiger partial charge in [-0.3, -0.25) is 4.90 Å². The van der Waals surface area contributed by atoms with Crippen LogP contribution in [0.1, 0.15) is 12.0 Å². The van der Waals surface area contributed by atoms with Crippen molar-refractivity contribution < 1.29 is 23.0 Å². The molecule has 0 spiro atoms. The van der Waals surface area contributed by atoms with Crippen molar-refractivity contribution in [2.24, 2.45) is 0 Å². The van der Waals surface area contributed by atoms with Crippen LogP contribution in [-0.2, 0) is 10.9 Å². The van der Waals surface area contributed by atoms with Gasteiger partial charge in [-0.2, -0.15) is 13.2 Å². The van der Waals surface area contributed by atoms with Gasteiger partial charge in [0.25, 0.3) is 0 Å². The van der Waals surface area contributed by atoms with Crippen LogP contribution in [-0.4, -0.2) is 67.0 Å². The van der Waals surface area contributed by atoms with Crippen molar-refractivity contribution in [1.82, 2.24) is 9.88 Å². The zero-order valence-corrected chi connectivity index (χ0v) is 13.9. The van der Waals surface area contributed by atoms with Gasteiger partial charge in [-0.15, -0.1) is 6.42 Å². The first-order chi connectivity index (χ1) is 11.9. The molecule has 1 saturated heterocycles. The molecule has 1 aromatic rings. The first-order valence-corrected chi connectivity index (χ1v) is 8.10. The van der Waals surface area contributed by atoms with Crippen LogP contribution in [0.3, 0.4) is 0 Å². The highest BCUT2D eigenvalue weighted by molar-refractivity contribution is 5.40. The third-order valence-corrected chi connectivity index (χ3v) is 3.95. The molecule has 2 heterocycles. The first kappa shape index (κ1) is 19.5. The van der Waals surface area contributed by atoms with Crippen LogP contribution < -0.4 is 4.90 Å². The second kappa shape index (κ2) is 9.04. The Morgan fingerprint density at radius 3 is 2.72 bits per heavy atom. The van der Waals surface area contributed by atoms with Crippen molar-refractivity contribution in [2.75, 3.05) is 50.8 Å². The van der Waals surface area contributed by atoms with Crippen molar-refractivity contribution in [3.05, 3.63) is 23.9 Å². The van der Waals surface area contributed by atoms with Crippen molar-refractivity contribution in [3.63, 3.8) is 0 Å². The summed E-state index contributed by atoms with van der Waals surface area (Å²) >= 11 is 0. The summed E-state index contributed by atoms with van der Waals surface area (Å²) in [7, 11) is 0. The Morgan fingerprint density at radius 1 is 1.28 bits per heavy atom. The quantitative estimate of drug-likeness (QED) is 0.619. The number of aromatic nitrogens is 1. The second-order valence-electron chi connectivity index (χ2n) is 5.92. The minimum Gasteiger partial charge on any atom is -0.389 e. The average molecular weight is 357 g/mol. The molecule has 1 aliphatic rings. The van der Waals surface area contributed by atoms with E-state index in [-0.39, 0.29) is 13.2 Å². The number of alkyl halides is 3. The van der Waals surface area contributed by atoms with Crippen LogP contribution in [0.15, 0.2) is 18.3 Å². The molecule has 0 amide bonds. The number of halogens is 3. The van der Waals surface area contributed by atoms with Crippen molar-refractivity contribution >= 4 is 5.82 Å². The van der Waals surface area contributed by atoms with E-state index in [9.17, 15) is 18.3 Å². The first-order valence-electron chi connectivity index (χ1n) is 8.10. The van der Waals surface area contributed by atoms with Gasteiger partial charge in [-0.05, 0) is 25.1 Å². The van der Waals surface area contributed by atoms with E-state index in [1.54, 1.807) is 0 Å². The highest BCUT2D eigenvalue weighted by Gasteiger charge is 2.31. The third kappa shape index (κ3) is 6.20. The van der Waals surface area contributed by atoms with Crippen LogP contribution in [0.2, 0.25) is 0 Å². The van der Waals surface area contributed by atoms with Crippen LogP contribution in [0.25, 0.3) is 0 Å². The van der Waals surface area contributed by atoms with E-state index in [1.165, 1.54) is 6.07 Å². The van der Waals surface area contributed by atoms with E-state index >= 15 is 0 Å². The largest absolute Gasteiger partial charge is 0.417 e. The molecule has 0 aromatic carbocycles. The number of β-amino-alcohol motifs (C(OH)–C–C–N with tert-alkyl or cyclic N) is 1. The predicted molar refractivity (Wildman–Crippen MR) is 88.2 cm³/mol. The highest BCUT2D eigenvalue weighted by Crippen LogP contribution is 2.29. The van der Waals surface area contributed by atoms with Gasteiger partial charge in [0.1, 0.15) is 12.4 Å². The molecule has 25 heavy (non-hydrogen) atoms. The summed E-state index contributed by atoms with van der Waals surface area (Å²) in [6, 6.07) is 2.46. The maximum absolute atomic E-state index is 12.6. The number of rotatable bonds is 6. The lowest BCUT2D eigenvalue weighted by atomic mass is 10.2. The lowest BCUT2D eigenvalue weighted by Gasteiger charge is -2.24. The molecule has 0 radical (unpaired) electrons. The molecule has 5 nitrogen and oxygen atoms in total. The number of pyridine rings is 1. The number of anilines is 1. The molecule has 1 N–H and O–H groups in total. The van der Waals surface area contributed by atoms with Gasteiger partial charge in [0, 0.05) is 32.4 Å². The number of ether oxygens (including phenoxy) is 1. The zero-order valence-electron chi connectivity index (χ0n) is 13.9. The Bertz CT molecular complexity index is 572. The molecule has 2 rings (SSSR count). The van der Waals surface area contributed by atoms with Gasteiger partial charge in [0.2, 0.25) is 0 Å². The van der Waals surface area contributed by atoms with Crippen LogP contribution in [0, 0.1) is 12.3 Å². The maximum atomic E-state index is 12.6. The Morgan fingerprint density at radius 2 is 2.08 bits per heavy atom. The number of aliphatic hydroxyl groups is 1. The number of aliphatic hydroxyl groups excluding tert-OH is 1. The molecular weight excluding hydrogens is 335 g/mol. The topological polar surface area (TPSA) is 48.8 Å². The molecule has 1 aromatic heterocycles. The highest BCUT2D eigenvalue weighted by atomic mass is 19.4. The van der Waals surface area contributed by atoms with E-state index in [4.69, 9.17) is 11.2 Å². The van der Waals surface area contributed by atoms with Crippen molar-refractivity contribution in [1.29, 1.82) is 0 Å². The molecule has 1 unspecified atom stereocenters. The molecule has 1 atom stereocenters. The summed E-state index contributed by atoms with van der Waals surface area (Å²) < 4.78 is 42.9. The fourth-order valence-corrected chi connectivity index (χ4v) is 2.73. The fourth-order valence-electron chi connectivity index (χ4n) is 2.73. The minimum absolute atomic E-state index is 0.171. The molecule has 0 saturated carbocycles. The normalized spacial score (nSPS) is 17.8. The number of nitrogens with zero attached hydrogens (tertiary/aromatic N) is 3. The zero-order chi connectivity index (χ0) is 18.3. The van der Waals surface area contributed by atoms with Gasteiger partial charge >= 0.3 is 6.18 Å². The Balaban J connectivity index is 1.85. The lowest BCUT2D eigenvalue weighted by Crippen LogP contribution is -2.37. The molecular formula is C17H22F3N3O2. The van der Waals surface area contributed by atoms with Gasteiger partial charge < -0.3 is 14.7 Å². The summed E-state index contributed by atoms with van der Waals surface area (Å²) in [4.78, 5) is 8.01. The summed E-state index contributed by atoms with van der Waals surface area (Å²) in [5.74, 6) is 2.88. The summed E-state index contributed by atoms with van der Waals surface area (Å²) in [5, 5.41) is 9.94. The van der Waals surface area contributed by atoms with Crippen LogP contribution in [0.5, 0.6) is 0 Å². The Kier molecular flexibility index (Phi) is 7.05. The number of hydrogen-bond donors (Lipinski definition) is 1. The van der Waals surface area contributed by atoms with Crippen molar-refractivity contribution in [2.45, 2.75) is 18.7 Å². The van der Waals surface area contributed by atoms with Gasteiger partial charge in [0.15, 0.2) is 0 Å². The summed E-state index contributed by atoms with van der Waals surface area (Å²) in [5.41, 5.74) is -0.747. The van der Waals surface area contributed by atoms with E-state index in [1.807, 2.05) is 4.90 Å². The minimum atomic E-state index is -4.38. The lowest BCUT2D eigenvalue weighted by molar-refractivity contribution is -0.137. The van der Waals surface area contributed by atoms with Crippen molar-refractivity contribution in [3.8, 4) is 12.3 Å². The van der Waals surface area contributed by atoms with Gasteiger partial charge in [0.05, 0.1) is 18.3 Å². The Labute approximate surface area is 145 Å². The fraction of sp³-hybridized carbons (Fsp3) is 0.588. The standard InChI is InChI=1S/C17H22F3N3O2/c1-2-10-25-13-15(24)12-22-6-3-7-23(9-8-22)16-5-4-14(11-21-16)17(18,19)20/h1,4-5,11,15,24H,3,6-10,12-13H2. The maximum Gasteiger partial charge on any atom is 0.417 e. The monoisotopic (exact) mass is 357 g/mol. The summed E-state index contributed by atoms with van der Waals surface area (Å²) in [6.45, 7) is 3.65. The third-order valence-electron chi connectivity index (χ3n) is 3.95. The van der Waals surface area contributed by atoms with Crippen LogP contribution >= 0.6 is 0 Å². The average Bonchev–Trinajstić information content (AvgIpc) is 2.80. The van der Waals surface area contributed by atoms with Gasteiger partial charge in [-0.25, -0.2) is 4.98 Å². The molecule has 8 heteroatoms. The summed E-state index contributed by atoms with van der Waals surface area (Å²) in [6.07, 6.45) is 1.78. The van der Waals surface area contributed by atoms with E-state index in [0.717, 1.165) is 25.2 Å². The molecule has 138 valence electrons. The SMILES string of the molecule is C#CCOCC(O)CN1CCCN(c2ccc(C(F)(F)F)cn2)CC1. The molecule has 0 aliphatic carbocycles. The molecule has 1 aliphatic heterocycles. The van der Waals surface area contributed by atoms with E-state index in [0.29, 0.717) is 32.0 Å². The number of hydrogen-bond acceptors (Lipinski definition) is 5. The Hall–Kier alpha value is -1.82. The van der Waals surface area contributed by atoms with E-state index in [2.05, 4.69) is 15.8 Å². The predicted octanol–water partition coefficient (Wildman–Crippen LogP) is 1.62. The van der Waals surface area contributed by atoms with Gasteiger partial charge in [-0.1, -0.05) is 5.92 Å². The smallest absolute Gasteiger partial charge is 0.389 e. The van der Waals surface area contributed by atoms with Crippen LogP contribution in [0.4, 0.5) is 19.0 Å². The molecule has 0 bridgehead atoms. The number of terminal acetylenes is 1. The second-order valence-corrected chi connectivity index (χ2v) is 5.92.